The number of aryl methyl sites for hydroxylation is 1. The maximum absolute atomic E-state index is 5.89. The summed E-state index contributed by atoms with van der Waals surface area (Å²) in [6, 6.07) is 16.8. The van der Waals surface area contributed by atoms with Crippen molar-refractivity contribution in [2.45, 2.75) is 18.7 Å². The Morgan fingerprint density at radius 2 is 1.86 bits per heavy atom. The zero-order valence-corrected chi connectivity index (χ0v) is 13.8. The molecule has 0 heterocycles. The first-order valence-corrected chi connectivity index (χ1v) is 8.54. The first kappa shape index (κ1) is 15.8. The van der Waals surface area contributed by atoms with Gasteiger partial charge in [-0.15, -0.1) is 11.8 Å². The highest BCUT2D eigenvalue weighted by molar-refractivity contribution is 7.98. The van der Waals surface area contributed by atoms with Gasteiger partial charge in [0, 0.05) is 17.1 Å². The Kier molecular flexibility index (Phi) is 6.00. The lowest BCUT2D eigenvalue weighted by Crippen LogP contribution is -2.27. The molecule has 0 aliphatic heterocycles. The SMILES string of the molecule is CCN(CCOc1ccc(SC)c(C)c1)c1ccccc1. The van der Waals surface area contributed by atoms with E-state index in [2.05, 4.69) is 67.5 Å². The van der Waals surface area contributed by atoms with Crippen LogP contribution in [-0.2, 0) is 0 Å². The summed E-state index contributed by atoms with van der Waals surface area (Å²) in [6.45, 7) is 6.87. The van der Waals surface area contributed by atoms with Gasteiger partial charge in [-0.1, -0.05) is 18.2 Å². The Hall–Kier alpha value is -1.61. The number of nitrogens with zero attached hydrogens (tertiary/aromatic N) is 1. The Bertz CT molecular complexity index is 556. The second-order valence-corrected chi connectivity index (χ2v) is 5.74. The molecule has 0 atom stereocenters. The van der Waals surface area contributed by atoms with Gasteiger partial charge in [0.15, 0.2) is 0 Å². The van der Waals surface area contributed by atoms with E-state index in [4.69, 9.17) is 4.74 Å². The van der Waals surface area contributed by atoms with Gasteiger partial charge in [0.25, 0.3) is 0 Å². The monoisotopic (exact) mass is 301 g/mol. The molecule has 112 valence electrons. The molecule has 0 spiro atoms. The van der Waals surface area contributed by atoms with Crippen LogP contribution in [0.25, 0.3) is 0 Å². The molecule has 0 saturated heterocycles. The molecule has 0 aromatic heterocycles. The third-order valence-corrected chi connectivity index (χ3v) is 4.40. The van der Waals surface area contributed by atoms with Crippen LogP contribution >= 0.6 is 11.8 Å². The maximum Gasteiger partial charge on any atom is 0.119 e. The molecule has 0 N–H and O–H groups in total. The first-order valence-electron chi connectivity index (χ1n) is 7.32. The summed E-state index contributed by atoms with van der Waals surface area (Å²) in [5, 5.41) is 0. The average molecular weight is 301 g/mol. The molecule has 0 amide bonds. The van der Waals surface area contributed by atoms with Crippen molar-refractivity contribution < 1.29 is 4.74 Å². The van der Waals surface area contributed by atoms with Crippen molar-refractivity contribution in [2.75, 3.05) is 30.9 Å². The zero-order chi connectivity index (χ0) is 15.1. The van der Waals surface area contributed by atoms with Crippen molar-refractivity contribution in [3.8, 4) is 5.75 Å². The molecule has 0 aliphatic carbocycles. The summed E-state index contributed by atoms with van der Waals surface area (Å²) >= 11 is 1.77. The summed E-state index contributed by atoms with van der Waals surface area (Å²) in [7, 11) is 0. The van der Waals surface area contributed by atoms with Gasteiger partial charge in [-0.3, -0.25) is 0 Å². The second kappa shape index (κ2) is 7.99. The molecule has 21 heavy (non-hydrogen) atoms. The molecule has 3 heteroatoms. The van der Waals surface area contributed by atoms with E-state index in [1.54, 1.807) is 11.8 Å². The fraction of sp³-hybridized carbons (Fsp3) is 0.333. The van der Waals surface area contributed by atoms with Crippen molar-refractivity contribution in [3.63, 3.8) is 0 Å². The summed E-state index contributed by atoms with van der Waals surface area (Å²) in [4.78, 5) is 3.63. The minimum Gasteiger partial charge on any atom is -0.492 e. The number of hydrogen-bond acceptors (Lipinski definition) is 3. The number of benzene rings is 2. The van der Waals surface area contributed by atoms with Gasteiger partial charge < -0.3 is 9.64 Å². The highest BCUT2D eigenvalue weighted by Gasteiger charge is 2.04. The molecule has 2 nitrogen and oxygen atoms in total. The number of anilines is 1. The highest BCUT2D eigenvalue weighted by atomic mass is 32.2. The van der Waals surface area contributed by atoms with Gasteiger partial charge >= 0.3 is 0 Å². The number of hydrogen-bond donors (Lipinski definition) is 0. The van der Waals surface area contributed by atoms with Gasteiger partial charge in [0.2, 0.25) is 0 Å². The fourth-order valence-electron chi connectivity index (χ4n) is 2.32. The van der Waals surface area contributed by atoms with E-state index in [0.717, 1.165) is 18.8 Å². The Balaban J connectivity index is 1.90. The van der Waals surface area contributed by atoms with Crippen LogP contribution in [0.2, 0.25) is 0 Å². The number of para-hydroxylation sites is 1. The lowest BCUT2D eigenvalue weighted by atomic mass is 10.2. The lowest BCUT2D eigenvalue weighted by molar-refractivity contribution is 0.324. The van der Waals surface area contributed by atoms with Crippen LogP contribution in [0.15, 0.2) is 53.4 Å². The van der Waals surface area contributed by atoms with E-state index in [1.807, 2.05) is 6.07 Å². The van der Waals surface area contributed by atoms with E-state index in [-0.39, 0.29) is 0 Å². The molecule has 0 saturated carbocycles. The minimum atomic E-state index is 0.695. The Morgan fingerprint density at radius 1 is 1.10 bits per heavy atom. The minimum absolute atomic E-state index is 0.695. The lowest BCUT2D eigenvalue weighted by Gasteiger charge is -2.23. The summed E-state index contributed by atoms with van der Waals surface area (Å²) in [5.41, 5.74) is 2.52. The van der Waals surface area contributed by atoms with Crippen LogP contribution < -0.4 is 9.64 Å². The molecule has 0 radical (unpaired) electrons. The number of rotatable bonds is 7. The molecule has 0 fully saturated rings. The zero-order valence-electron chi connectivity index (χ0n) is 13.0. The summed E-state index contributed by atoms with van der Waals surface area (Å²) < 4.78 is 5.89. The molecule has 0 aliphatic rings. The van der Waals surface area contributed by atoms with Gasteiger partial charge in [0.1, 0.15) is 12.4 Å². The molecule has 0 unspecified atom stereocenters. The van der Waals surface area contributed by atoms with Crippen LogP contribution in [0, 0.1) is 6.92 Å². The molecular formula is C18H23NOS. The third-order valence-electron chi connectivity index (χ3n) is 3.50. The number of likely N-dealkylation sites (N-methyl/N-ethyl adjacent to an activating group) is 1. The molecule has 2 rings (SSSR count). The van der Waals surface area contributed by atoms with Crippen molar-refractivity contribution in [1.29, 1.82) is 0 Å². The highest BCUT2D eigenvalue weighted by Crippen LogP contribution is 2.24. The van der Waals surface area contributed by atoms with Crippen molar-refractivity contribution in [3.05, 3.63) is 54.1 Å². The Morgan fingerprint density at radius 3 is 2.48 bits per heavy atom. The maximum atomic E-state index is 5.89. The van der Waals surface area contributed by atoms with E-state index in [9.17, 15) is 0 Å². The van der Waals surface area contributed by atoms with Crippen LogP contribution in [0.5, 0.6) is 5.75 Å². The molecule has 2 aromatic carbocycles. The predicted molar refractivity (Wildman–Crippen MR) is 92.8 cm³/mol. The van der Waals surface area contributed by atoms with Gasteiger partial charge in [-0.05, 0) is 56.0 Å². The quantitative estimate of drug-likeness (QED) is 0.692. The predicted octanol–water partition coefficient (Wildman–Crippen LogP) is 4.62. The van der Waals surface area contributed by atoms with Crippen molar-refractivity contribution in [1.82, 2.24) is 0 Å². The van der Waals surface area contributed by atoms with E-state index < -0.39 is 0 Å². The van der Waals surface area contributed by atoms with Crippen LogP contribution in [0.1, 0.15) is 12.5 Å². The van der Waals surface area contributed by atoms with E-state index in [1.165, 1.54) is 16.1 Å². The molecule has 2 aromatic rings. The van der Waals surface area contributed by atoms with Crippen molar-refractivity contribution >= 4 is 17.4 Å². The molecular weight excluding hydrogens is 278 g/mol. The normalized spacial score (nSPS) is 10.4. The summed E-state index contributed by atoms with van der Waals surface area (Å²) in [5.74, 6) is 0.953. The smallest absolute Gasteiger partial charge is 0.119 e. The average Bonchev–Trinajstić information content (AvgIpc) is 2.52. The number of thioether (sulfide) groups is 1. The van der Waals surface area contributed by atoms with Crippen LogP contribution in [0.4, 0.5) is 5.69 Å². The van der Waals surface area contributed by atoms with E-state index >= 15 is 0 Å². The van der Waals surface area contributed by atoms with Gasteiger partial charge in [0.05, 0.1) is 6.54 Å². The number of ether oxygens (including phenoxy) is 1. The first-order chi connectivity index (χ1) is 10.2. The summed E-state index contributed by atoms with van der Waals surface area (Å²) in [6.07, 6.45) is 2.10. The Labute approximate surface area is 132 Å². The van der Waals surface area contributed by atoms with Crippen molar-refractivity contribution in [2.24, 2.45) is 0 Å². The van der Waals surface area contributed by atoms with Gasteiger partial charge in [-0.2, -0.15) is 0 Å². The van der Waals surface area contributed by atoms with Gasteiger partial charge in [-0.25, -0.2) is 0 Å². The molecule has 0 bridgehead atoms. The van der Waals surface area contributed by atoms with Crippen LogP contribution in [-0.4, -0.2) is 26.0 Å². The largest absolute Gasteiger partial charge is 0.492 e. The van der Waals surface area contributed by atoms with Crippen LogP contribution in [0.3, 0.4) is 0 Å². The standard InChI is InChI=1S/C18H23NOS/c1-4-19(16-8-6-5-7-9-16)12-13-20-17-10-11-18(21-3)15(2)14-17/h5-11,14H,4,12-13H2,1-3H3. The van der Waals surface area contributed by atoms with E-state index in [0.29, 0.717) is 6.61 Å². The topological polar surface area (TPSA) is 12.5 Å². The second-order valence-electron chi connectivity index (χ2n) is 4.90. The fourth-order valence-corrected chi connectivity index (χ4v) is 2.91. The third kappa shape index (κ3) is 4.43.